The van der Waals surface area contributed by atoms with E-state index in [0.717, 1.165) is 16.5 Å². The largest absolute Gasteiger partial charge is 0.508 e. The van der Waals surface area contributed by atoms with Gasteiger partial charge in [0.25, 0.3) is 0 Å². The standard InChI is InChI=1S/C17H19BrFNO/c1-3-16(14-10-12(18)8-9-17(14)21)20-11(2)13-6-4-5-7-15(13)19/h4-11,16,20-21H,3H2,1-2H3/t11-,16?/m1/s1. The minimum atomic E-state index is -0.217. The SMILES string of the molecule is CCC(N[C@H](C)c1ccccc1F)c1cc(Br)ccc1O. The minimum absolute atomic E-state index is 0.0443. The maximum absolute atomic E-state index is 13.8. The molecule has 0 spiro atoms. The van der Waals surface area contributed by atoms with E-state index in [0.29, 0.717) is 5.56 Å². The van der Waals surface area contributed by atoms with Gasteiger partial charge in [0.2, 0.25) is 0 Å². The Labute approximate surface area is 133 Å². The van der Waals surface area contributed by atoms with Crippen molar-refractivity contribution in [3.05, 3.63) is 63.9 Å². The second-order valence-corrected chi connectivity index (χ2v) is 5.99. The molecule has 0 aliphatic carbocycles. The van der Waals surface area contributed by atoms with E-state index >= 15 is 0 Å². The molecule has 2 rings (SSSR count). The molecule has 0 saturated heterocycles. The van der Waals surface area contributed by atoms with Crippen LogP contribution in [0.15, 0.2) is 46.9 Å². The average molecular weight is 352 g/mol. The van der Waals surface area contributed by atoms with Gasteiger partial charge in [0, 0.05) is 27.7 Å². The van der Waals surface area contributed by atoms with Crippen LogP contribution in [0.3, 0.4) is 0 Å². The van der Waals surface area contributed by atoms with E-state index < -0.39 is 0 Å². The number of halogens is 2. The molecule has 0 fully saturated rings. The highest BCUT2D eigenvalue weighted by atomic mass is 79.9. The average Bonchev–Trinajstić information content (AvgIpc) is 2.47. The minimum Gasteiger partial charge on any atom is -0.508 e. The maximum Gasteiger partial charge on any atom is 0.127 e. The van der Waals surface area contributed by atoms with E-state index in [1.165, 1.54) is 6.07 Å². The van der Waals surface area contributed by atoms with Crippen LogP contribution in [-0.4, -0.2) is 5.11 Å². The fourth-order valence-electron chi connectivity index (χ4n) is 2.45. The van der Waals surface area contributed by atoms with Crippen molar-refractivity contribution in [3.63, 3.8) is 0 Å². The molecule has 2 aromatic rings. The molecule has 21 heavy (non-hydrogen) atoms. The van der Waals surface area contributed by atoms with Gasteiger partial charge in [0.1, 0.15) is 11.6 Å². The molecule has 0 aliphatic rings. The predicted octanol–water partition coefficient (Wildman–Crippen LogP) is 5.10. The summed E-state index contributed by atoms with van der Waals surface area (Å²) < 4.78 is 14.8. The Bertz CT molecular complexity index is 617. The molecule has 0 aliphatic heterocycles. The van der Waals surface area contributed by atoms with Gasteiger partial charge in [-0.2, -0.15) is 0 Å². The summed E-state index contributed by atoms with van der Waals surface area (Å²) in [5, 5.41) is 13.4. The Morgan fingerprint density at radius 3 is 2.57 bits per heavy atom. The Kier molecular flexibility index (Phi) is 5.37. The summed E-state index contributed by atoms with van der Waals surface area (Å²) in [6.07, 6.45) is 0.794. The van der Waals surface area contributed by atoms with Crippen LogP contribution in [0.25, 0.3) is 0 Å². The lowest BCUT2D eigenvalue weighted by atomic mass is 10.0. The van der Waals surface area contributed by atoms with Crippen LogP contribution >= 0.6 is 15.9 Å². The molecule has 0 bridgehead atoms. The lowest BCUT2D eigenvalue weighted by Crippen LogP contribution is -2.25. The second kappa shape index (κ2) is 7.05. The van der Waals surface area contributed by atoms with E-state index in [1.54, 1.807) is 24.3 Å². The number of nitrogens with one attached hydrogen (secondary N) is 1. The molecule has 0 heterocycles. The number of benzene rings is 2. The lowest BCUT2D eigenvalue weighted by molar-refractivity contribution is 0.413. The molecule has 2 N–H and O–H groups in total. The van der Waals surface area contributed by atoms with Gasteiger partial charge in [-0.3, -0.25) is 0 Å². The second-order valence-electron chi connectivity index (χ2n) is 5.07. The first kappa shape index (κ1) is 16.0. The topological polar surface area (TPSA) is 32.3 Å². The molecule has 0 saturated carbocycles. The van der Waals surface area contributed by atoms with Crippen LogP contribution in [-0.2, 0) is 0 Å². The molecule has 4 heteroatoms. The smallest absolute Gasteiger partial charge is 0.127 e. The Balaban J connectivity index is 2.23. The van der Waals surface area contributed by atoms with Crippen molar-refractivity contribution in [2.45, 2.75) is 32.4 Å². The summed E-state index contributed by atoms with van der Waals surface area (Å²) in [4.78, 5) is 0. The Hall–Kier alpha value is -1.39. The first-order chi connectivity index (χ1) is 10.0. The molecule has 2 atom stereocenters. The van der Waals surface area contributed by atoms with E-state index in [4.69, 9.17) is 0 Å². The fourth-order valence-corrected chi connectivity index (χ4v) is 2.83. The number of hydrogen-bond acceptors (Lipinski definition) is 2. The van der Waals surface area contributed by atoms with E-state index in [-0.39, 0.29) is 23.7 Å². The van der Waals surface area contributed by atoms with Crippen LogP contribution in [0, 0.1) is 5.82 Å². The van der Waals surface area contributed by atoms with Crippen molar-refractivity contribution in [1.29, 1.82) is 0 Å². The molecule has 2 nitrogen and oxygen atoms in total. The third-order valence-corrected chi connectivity index (χ3v) is 4.09. The summed E-state index contributed by atoms with van der Waals surface area (Å²) in [7, 11) is 0. The summed E-state index contributed by atoms with van der Waals surface area (Å²) in [5.41, 5.74) is 1.44. The van der Waals surface area contributed by atoms with Crippen LogP contribution in [0.5, 0.6) is 5.75 Å². The molecule has 0 aromatic heterocycles. The van der Waals surface area contributed by atoms with Crippen molar-refractivity contribution < 1.29 is 9.50 Å². The van der Waals surface area contributed by atoms with Crippen LogP contribution < -0.4 is 5.32 Å². The van der Waals surface area contributed by atoms with Gasteiger partial charge in [-0.1, -0.05) is 41.1 Å². The zero-order valence-electron chi connectivity index (χ0n) is 12.1. The molecule has 112 valence electrons. The third kappa shape index (κ3) is 3.83. The van der Waals surface area contributed by atoms with Gasteiger partial charge in [-0.05, 0) is 37.6 Å². The number of rotatable bonds is 5. The van der Waals surface area contributed by atoms with Crippen LogP contribution in [0.4, 0.5) is 4.39 Å². The predicted molar refractivity (Wildman–Crippen MR) is 86.8 cm³/mol. The van der Waals surface area contributed by atoms with Crippen molar-refractivity contribution in [1.82, 2.24) is 5.32 Å². The van der Waals surface area contributed by atoms with Crippen LogP contribution in [0.2, 0.25) is 0 Å². The molecule has 0 radical (unpaired) electrons. The number of aromatic hydroxyl groups is 1. The highest BCUT2D eigenvalue weighted by Crippen LogP contribution is 2.31. The van der Waals surface area contributed by atoms with Crippen molar-refractivity contribution in [2.75, 3.05) is 0 Å². The molecular formula is C17H19BrFNO. The Morgan fingerprint density at radius 1 is 1.19 bits per heavy atom. The number of hydrogen-bond donors (Lipinski definition) is 2. The monoisotopic (exact) mass is 351 g/mol. The third-order valence-electron chi connectivity index (χ3n) is 3.60. The summed E-state index contributed by atoms with van der Waals surface area (Å²) >= 11 is 3.42. The highest BCUT2D eigenvalue weighted by molar-refractivity contribution is 9.10. The van der Waals surface area contributed by atoms with E-state index in [1.807, 2.05) is 26.0 Å². The first-order valence-corrected chi connectivity index (χ1v) is 7.81. The fraction of sp³-hybridized carbons (Fsp3) is 0.294. The summed E-state index contributed by atoms with van der Waals surface area (Å²) in [5.74, 6) is 0.0316. The van der Waals surface area contributed by atoms with Gasteiger partial charge < -0.3 is 10.4 Å². The van der Waals surface area contributed by atoms with E-state index in [2.05, 4.69) is 21.2 Å². The normalized spacial score (nSPS) is 13.9. The molecule has 0 amide bonds. The van der Waals surface area contributed by atoms with Crippen molar-refractivity contribution >= 4 is 15.9 Å². The van der Waals surface area contributed by atoms with Gasteiger partial charge in [0.15, 0.2) is 0 Å². The maximum atomic E-state index is 13.8. The molecule has 2 aromatic carbocycles. The highest BCUT2D eigenvalue weighted by Gasteiger charge is 2.18. The Morgan fingerprint density at radius 2 is 1.90 bits per heavy atom. The lowest BCUT2D eigenvalue weighted by Gasteiger charge is -2.24. The van der Waals surface area contributed by atoms with Gasteiger partial charge >= 0.3 is 0 Å². The quantitative estimate of drug-likeness (QED) is 0.785. The molecule has 1 unspecified atom stereocenters. The van der Waals surface area contributed by atoms with Gasteiger partial charge in [-0.15, -0.1) is 0 Å². The summed E-state index contributed by atoms with van der Waals surface area (Å²) in [6.45, 7) is 3.96. The summed E-state index contributed by atoms with van der Waals surface area (Å²) in [6, 6.07) is 11.9. The van der Waals surface area contributed by atoms with E-state index in [9.17, 15) is 9.50 Å². The zero-order valence-corrected chi connectivity index (χ0v) is 13.7. The first-order valence-electron chi connectivity index (χ1n) is 7.01. The van der Waals surface area contributed by atoms with Gasteiger partial charge in [0.05, 0.1) is 0 Å². The zero-order chi connectivity index (χ0) is 15.4. The van der Waals surface area contributed by atoms with Crippen LogP contribution in [0.1, 0.15) is 43.5 Å². The molecular weight excluding hydrogens is 333 g/mol. The van der Waals surface area contributed by atoms with Crippen molar-refractivity contribution in [3.8, 4) is 5.75 Å². The number of phenols is 1. The van der Waals surface area contributed by atoms with Gasteiger partial charge in [-0.25, -0.2) is 4.39 Å². The number of phenolic OH excluding ortho intramolecular Hbond substituents is 1. The van der Waals surface area contributed by atoms with Crippen molar-refractivity contribution in [2.24, 2.45) is 0 Å².